The molecule has 2 aromatic rings. The molecule has 0 aromatic heterocycles. The maximum Gasteiger partial charge on any atom is 0.261 e. The Morgan fingerprint density at radius 2 is 1.78 bits per heavy atom. The summed E-state index contributed by atoms with van der Waals surface area (Å²) in [6, 6.07) is 14.4. The predicted octanol–water partition coefficient (Wildman–Crippen LogP) is 4.93. The molecule has 2 aliphatic rings. The number of nitrogens with one attached hydrogen (secondary N) is 1. The van der Waals surface area contributed by atoms with E-state index in [1.165, 1.54) is 17.7 Å². The predicted molar refractivity (Wildman–Crippen MR) is 127 cm³/mol. The first-order valence-corrected chi connectivity index (χ1v) is 12.2. The summed E-state index contributed by atoms with van der Waals surface area (Å²) in [4.78, 5) is 28.6. The molecule has 1 aliphatic carbocycles. The fraction of sp³-hybridized carbons (Fsp3) is 0.385. The molecule has 0 radical (unpaired) electrons. The molecule has 168 valence electrons. The highest BCUT2D eigenvalue weighted by Crippen LogP contribution is 2.42. The summed E-state index contributed by atoms with van der Waals surface area (Å²) in [6.07, 6.45) is 7.18. The second kappa shape index (κ2) is 10.3. The number of benzene rings is 2. The smallest absolute Gasteiger partial charge is 0.261 e. The van der Waals surface area contributed by atoms with Gasteiger partial charge in [-0.1, -0.05) is 56.2 Å². The van der Waals surface area contributed by atoms with Gasteiger partial charge in [0.15, 0.2) is 0 Å². The molecule has 2 amide bonds. The van der Waals surface area contributed by atoms with Crippen LogP contribution in [0.3, 0.4) is 0 Å². The summed E-state index contributed by atoms with van der Waals surface area (Å²) in [5, 5.41) is 3.20. The summed E-state index contributed by atoms with van der Waals surface area (Å²) in [6.45, 7) is 2.49. The van der Waals surface area contributed by atoms with Crippen LogP contribution in [0.25, 0.3) is 6.08 Å². The maximum absolute atomic E-state index is 13.4. The molecule has 1 N–H and O–H groups in total. The summed E-state index contributed by atoms with van der Waals surface area (Å²) in [5.74, 6) is -0.552. The van der Waals surface area contributed by atoms with E-state index in [0.29, 0.717) is 16.7 Å². The van der Waals surface area contributed by atoms with Crippen molar-refractivity contribution in [1.82, 2.24) is 10.2 Å². The standard InChI is InChI=1S/C26H29FN2O2S/c1-2-18-7-9-19(10-8-18)15-24-26(31)29(22-5-3-4-6-23(22)32-24)17-25(30)28-16-20-11-13-21(27)14-12-20/h7-15,22-23H,2-6,16-17H2,1H3,(H,28,30)/b24-15-. The topological polar surface area (TPSA) is 49.4 Å². The number of aryl methyl sites for hydroxylation is 1. The average molecular weight is 453 g/mol. The van der Waals surface area contributed by atoms with Crippen molar-refractivity contribution < 1.29 is 14.0 Å². The Bertz CT molecular complexity index is 988. The lowest BCUT2D eigenvalue weighted by Crippen LogP contribution is -2.54. The Balaban J connectivity index is 1.47. The van der Waals surface area contributed by atoms with Gasteiger partial charge in [-0.05, 0) is 54.2 Å². The Hall–Kier alpha value is -2.60. The second-order valence-electron chi connectivity index (χ2n) is 8.45. The van der Waals surface area contributed by atoms with E-state index in [-0.39, 0.29) is 30.2 Å². The van der Waals surface area contributed by atoms with Crippen molar-refractivity contribution in [3.05, 3.63) is 75.9 Å². The van der Waals surface area contributed by atoms with E-state index < -0.39 is 0 Å². The Morgan fingerprint density at radius 3 is 2.50 bits per heavy atom. The Morgan fingerprint density at radius 1 is 1.09 bits per heavy atom. The molecule has 0 bridgehead atoms. The first-order chi connectivity index (χ1) is 15.5. The highest BCUT2D eigenvalue weighted by Gasteiger charge is 2.41. The van der Waals surface area contributed by atoms with E-state index in [1.807, 2.05) is 18.2 Å². The molecule has 2 fully saturated rings. The second-order valence-corrected chi connectivity index (χ2v) is 9.73. The number of hydrogen-bond donors (Lipinski definition) is 1. The zero-order valence-corrected chi connectivity index (χ0v) is 19.2. The van der Waals surface area contributed by atoms with Crippen LogP contribution in [0.1, 0.15) is 49.3 Å². The summed E-state index contributed by atoms with van der Waals surface area (Å²) in [5.41, 5.74) is 3.10. The van der Waals surface area contributed by atoms with Crippen LogP contribution in [0.5, 0.6) is 0 Å². The summed E-state index contributed by atoms with van der Waals surface area (Å²) in [7, 11) is 0. The fourth-order valence-electron chi connectivity index (χ4n) is 4.38. The monoisotopic (exact) mass is 452 g/mol. The van der Waals surface area contributed by atoms with Gasteiger partial charge < -0.3 is 10.2 Å². The third-order valence-corrected chi connectivity index (χ3v) is 7.62. The Kier molecular flexibility index (Phi) is 7.30. The molecule has 1 saturated heterocycles. The van der Waals surface area contributed by atoms with Gasteiger partial charge in [0.05, 0.1) is 4.91 Å². The van der Waals surface area contributed by atoms with Crippen LogP contribution in [0.2, 0.25) is 0 Å². The van der Waals surface area contributed by atoms with Gasteiger partial charge in [0.2, 0.25) is 5.91 Å². The molecular formula is C26H29FN2O2S. The molecule has 1 saturated carbocycles. The van der Waals surface area contributed by atoms with Crippen LogP contribution < -0.4 is 5.32 Å². The molecule has 0 spiro atoms. The van der Waals surface area contributed by atoms with Gasteiger partial charge in [-0.2, -0.15) is 0 Å². The van der Waals surface area contributed by atoms with E-state index in [0.717, 1.165) is 43.2 Å². The third kappa shape index (κ3) is 5.41. The molecule has 32 heavy (non-hydrogen) atoms. The number of hydrogen-bond acceptors (Lipinski definition) is 3. The number of fused-ring (bicyclic) bond motifs is 1. The number of rotatable bonds is 6. The molecular weight excluding hydrogens is 423 g/mol. The van der Waals surface area contributed by atoms with Gasteiger partial charge in [0.25, 0.3) is 5.91 Å². The fourth-order valence-corrected chi connectivity index (χ4v) is 5.85. The molecule has 4 nitrogen and oxygen atoms in total. The minimum atomic E-state index is -0.302. The van der Waals surface area contributed by atoms with Crippen LogP contribution in [-0.2, 0) is 22.6 Å². The van der Waals surface area contributed by atoms with E-state index in [9.17, 15) is 14.0 Å². The summed E-state index contributed by atoms with van der Waals surface area (Å²) >= 11 is 1.67. The van der Waals surface area contributed by atoms with Crippen molar-refractivity contribution in [1.29, 1.82) is 0 Å². The zero-order chi connectivity index (χ0) is 22.5. The van der Waals surface area contributed by atoms with Crippen LogP contribution in [0.15, 0.2) is 53.4 Å². The van der Waals surface area contributed by atoms with Crippen LogP contribution in [-0.4, -0.2) is 34.6 Å². The first-order valence-electron chi connectivity index (χ1n) is 11.3. The molecule has 2 unspecified atom stereocenters. The minimum Gasteiger partial charge on any atom is -0.350 e. The van der Waals surface area contributed by atoms with Crippen LogP contribution in [0, 0.1) is 5.82 Å². The quantitative estimate of drug-likeness (QED) is 0.632. The number of carbonyl (C=O) groups is 2. The minimum absolute atomic E-state index is 0.0495. The first kappa shape index (κ1) is 22.6. The highest BCUT2D eigenvalue weighted by molar-refractivity contribution is 8.04. The highest BCUT2D eigenvalue weighted by atomic mass is 32.2. The van der Waals surface area contributed by atoms with E-state index in [4.69, 9.17) is 0 Å². The van der Waals surface area contributed by atoms with Crippen LogP contribution in [0.4, 0.5) is 4.39 Å². The van der Waals surface area contributed by atoms with Crippen molar-refractivity contribution in [2.24, 2.45) is 0 Å². The lowest BCUT2D eigenvalue weighted by molar-refractivity contribution is -0.135. The normalized spacial score (nSPS) is 22.0. The van der Waals surface area contributed by atoms with E-state index >= 15 is 0 Å². The lowest BCUT2D eigenvalue weighted by Gasteiger charge is -2.43. The number of nitrogens with zero attached hydrogens (tertiary/aromatic N) is 1. The van der Waals surface area contributed by atoms with E-state index in [1.54, 1.807) is 28.8 Å². The van der Waals surface area contributed by atoms with Crippen molar-refractivity contribution in [2.75, 3.05) is 6.54 Å². The van der Waals surface area contributed by atoms with Gasteiger partial charge in [-0.15, -0.1) is 11.8 Å². The van der Waals surface area contributed by atoms with Crippen molar-refractivity contribution in [3.8, 4) is 0 Å². The summed E-state index contributed by atoms with van der Waals surface area (Å²) < 4.78 is 13.1. The van der Waals surface area contributed by atoms with Gasteiger partial charge >= 0.3 is 0 Å². The average Bonchev–Trinajstić information content (AvgIpc) is 2.82. The van der Waals surface area contributed by atoms with Crippen molar-refractivity contribution in [3.63, 3.8) is 0 Å². The number of carbonyl (C=O) groups excluding carboxylic acids is 2. The van der Waals surface area contributed by atoms with Gasteiger partial charge in [0, 0.05) is 17.8 Å². The molecule has 2 aromatic carbocycles. The van der Waals surface area contributed by atoms with Gasteiger partial charge in [0.1, 0.15) is 12.4 Å². The third-order valence-electron chi connectivity index (χ3n) is 6.22. The van der Waals surface area contributed by atoms with E-state index in [2.05, 4.69) is 24.4 Å². The Labute approximate surface area is 193 Å². The number of halogens is 1. The SMILES string of the molecule is CCc1ccc(/C=C2\SC3CCCCC3N(CC(=O)NCc3ccc(F)cc3)C2=O)cc1. The van der Waals surface area contributed by atoms with Crippen molar-refractivity contribution in [2.45, 2.75) is 56.9 Å². The molecule has 2 atom stereocenters. The number of thioether (sulfide) groups is 1. The zero-order valence-electron chi connectivity index (χ0n) is 18.4. The van der Waals surface area contributed by atoms with Gasteiger partial charge in [-0.25, -0.2) is 4.39 Å². The lowest BCUT2D eigenvalue weighted by atomic mass is 9.93. The van der Waals surface area contributed by atoms with Crippen LogP contribution >= 0.6 is 11.8 Å². The largest absolute Gasteiger partial charge is 0.350 e. The van der Waals surface area contributed by atoms with Crippen molar-refractivity contribution >= 4 is 29.7 Å². The van der Waals surface area contributed by atoms with Gasteiger partial charge in [-0.3, -0.25) is 9.59 Å². The molecule has 1 aliphatic heterocycles. The molecule has 6 heteroatoms. The molecule has 1 heterocycles. The molecule has 4 rings (SSSR count). The number of amides is 2. The maximum atomic E-state index is 13.4.